The Morgan fingerprint density at radius 2 is 1.78 bits per heavy atom. The molecule has 3 N–H and O–H groups in total. The molecule has 1 amide bonds. The van der Waals surface area contributed by atoms with Crippen molar-refractivity contribution in [3.05, 3.63) is 29.8 Å². The summed E-state index contributed by atoms with van der Waals surface area (Å²) in [4.78, 5) is 23.5. The van der Waals surface area contributed by atoms with Gasteiger partial charge in [0.1, 0.15) is 5.60 Å². The third-order valence-electron chi connectivity index (χ3n) is 4.34. The van der Waals surface area contributed by atoms with Crippen LogP contribution >= 0.6 is 0 Å². The normalized spacial score (nSPS) is 14.9. The predicted molar refractivity (Wildman–Crippen MR) is 116 cm³/mol. The average molecular weight is 476 g/mol. The number of carbonyl (C=O) groups excluding carboxylic acids is 1. The SMILES string of the molecule is CCC(NC(=O)OC(C)(C)C)C(O)CC(OCCOS(=O)(=O)c1ccccc1C)C(=O)O. The van der Waals surface area contributed by atoms with E-state index in [1.165, 1.54) is 6.07 Å². The number of benzene rings is 1. The zero-order valence-corrected chi connectivity index (χ0v) is 19.8. The number of nitrogens with one attached hydrogen (secondary N) is 1. The van der Waals surface area contributed by atoms with Crippen LogP contribution in [0.5, 0.6) is 0 Å². The smallest absolute Gasteiger partial charge is 0.407 e. The summed E-state index contributed by atoms with van der Waals surface area (Å²) in [5.74, 6) is -1.34. The molecule has 0 aliphatic rings. The highest BCUT2D eigenvalue weighted by Crippen LogP contribution is 2.17. The van der Waals surface area contributed by atoms with Crippen molar-refractivity contribution in [3.63, 3.8) is 0 Å². The van der Waals surface area contributed by atoms with Crippen molar-refractivity contribution in [3.8, 4) is 0 Å². The lowest BCUT2D eigenvalue weighted by atomic mass is 10.0. The molecule has 0 radical (unpaired) electrons. The first-order valence-corrected chi connectivity index (χ1v) is 11.6. The van der Waals surface area contributed by atoms with E-state index in [9.17, 15) is 28.2 Å². The molecular weight excluding hydrogens is 442 g/mol. The number of rotatable bonds is 12. The summed E-state index contributed by atoms with van der Waals surface area (Å²) in [5.41, 5.74) is -0.207. The first-order chi connectivity index (χ1) is 14.8. The highest BCUT2D eigenvalue weighted by atomic mass is 32.2. The van der Waals surface area contributed by atoms with Crippen LogP contribution in [-0.4, -0.2) is 67.8 Å². The molecule has 10 nitrogen and oxygen atoms in total. The number of hydrogen-bond acceptors (Lipinski definition) is 8. The number of carboxylic acids is 1. The monoisotopic (exact) mass is 475 g/mol. The Labute approximate surface area is 189 Å². The Morgan fingerprint density at radius 3 is 2.31 bits per heavy atom. The fraction of sp³-hybridized carbons (Fsp3) is 0.619. The maximum atomic E-state index is 12.3. The number of aliphatic hydroxyl groups excluding tert-OH is 1. The molecule has 182 valence electrons. The molecule has 3 atom stereocenters. The van der Waals surface area contributed by atoms with Crippen LogP contribution in [0.4, 0.5) is 4.79 Å². The second kappa shape index (κ2) is 12.1. The van der Waals surface area contributed by atoms with E-state index >= 15 is 0 Å². The number of amides is 1. The third-order valence-corrected chi connectivity index (χ3v) is 5.81. The molecule has 0 saturated heterocycles. The average Bonchev–Trinajstić information content (AvgIpc) is 2.66. The van der Waals surface area contributed by atoms with Gasteiger partial charge in [0.25, 0.3) is 10.1 Å². The summed E-state index contributed by atoms with van der Waals surface area (Å²) in [6.45, 7) is 7.70. The lowest BCUT2D eigenvalue weighted by Crippen LogP contribution is -2.47. The van der Waals surface area contributed by atoms with Gasteiger partial charge in [-0.05, 0) is 45.7 Å². The molecular formula is C21H33NO9S. The van der Waals surface area contributed by atoms with Gasteiger partial charge >= 0.3 is 12.1 Å². The standard InChI is InChI=1S/C21H33NO9S/c1-6-15(22-20(26)31-21(3,4)5)16(23)13-17(19(24)25)29-11-12-30-32(27,28)18-10-8-7-9-14(18)2/h7-10,15-17,23H,6,11-13H2,1-5H3,(H,22,26)(H,24,25). The summed E-state index contributed by atoms with van der Waals surface area (Å²) < 4.78 is 39.8. The van der Waals surface area contributed by atoms with Crippen molar-refractivity contribution in [2.75, 3.05) is 13.2 Å². The molecule has 0 aliphatic heterocycles. The van der Waals surface area contributed by atoms with Gasteiger partial charge in [0, 0.05) is 6.42 Å². The number of aliphatic carboxylic acids is 1. The third kappa shape index (κ3) is 9.51. The molecule has 0 heterocycles. The minimum Gasteiger partial charge on any atom is -0.479 e. The molecule has 0 aromatic heterocycles. The van der Waals surface area contributed by atoms with Crippen LogP contribution in [0.1, 0.15) is 46.1 Å². The van der Waals surface area contributed by atoms with Gasteiger partial charge in [-0.25, -0.2) is 9.59 Å². The number of ether oxygens (including phenoxy) is 2. The summed E-state index contributed by atoms with van der Waals surface area (Å²) >= 11 is 0. The first-order valence-electron chi connectivity index (χ1n) is 10.2. The predicted octanol–water partition coefficient (Wildman–Crippen LogP) is 2.22. The van der Waals surface area contributed by atoms with Gasteiger partial charge < -0.3 is 25.0 Å². The van der Waals surface area contributed by atoms with Crippen molar-refractivity contribution >= 4 is 22.2 Å². The molecule has 32 heavy (non-hydrogen) atoms. The van der Waals surface area contributed by atoms with Crippen molar-refractivity contribution in [1.29, 1.82) is 0 Å². The van der Waals surface area contributed by atoms with E-state index < -0.39 is 52.6 Å². The van der Waals surface area contributed by atoms with Crippen LogP contribution in [0, 0.1) is 6.92 Å². The number of aryl methyl sites for hydroxylation is 1. The number of carbonyl (C=O) groups is 2. The minimum atomic E-state index is -4.02. The number of hydrogen-bond donors (Lipinski definition) is 3. The largest absolute Gasteiger partial charge is 0.479 e. The van der Waals surface area contributed by atoms with Gasteiger partial charge in [-0.15, -0.1) is 0 Å². The summed E-state index contributed by atoms with van der Waals surface area (Å²) in [6, 6.07) is 5.54. The quantitative estimate of drug-likeness (QED) is 0.305. The van der Waals surface area contributed by atoms with E-state index in [4.69, 9.17) is 13.7 Å². The molecule has 0 aliphatic carbocycles. The lowest BCUT2D eigenvalue weighted by molar-refractivity contribution is -0.153. The van der Waals surface area contributed by atoms with Crippen molar-refractivity contribution in [2.24, 2.45) is 0 Å². The van der Waals surface area contributed by atoms with Gasteiger partial charge in [0.2, 0.25) is 0 Å². The van der Waals surface area contributed by atoms with Crippen molar-refractivity contribution in [2.45, 2.75) is 76.2 Å². The van der Waals surface area contributed by atoms with Crippen LogP contribution in [0.25, 0.3) is 0 Å². The topological polar surface area (TPSA) is 148 Å². The van der Waals surface area contributed by atoms with Crippen LogP contribution in [-0.2, 0) is 28.6 Å². The van der Waals surface area contributed by atoms with Crippen molar-refractivity contribution < 1.29 is 41.9 Å². The molecule has 1 aromatic carbocycles. The van der Waals surface area contributed by atoms with Gasteiger partial charge in [-0.2, -0.15) is 8.42 Å². The van der Waals surface area contributed by atoms with Gasteiger partial charge in [-0.1, -0.05) is 25.1 Å². The van der Waals surface area contributed by atoms with Crippen LogP contribution in [0.15, 0.2) is 29.2 Å². The van der Waals surface area contributed by atoms with E-state index in [-0.39, 0.29) is 17.9 Å². The maximum absolute atomic E-state index is 12.3. The van der Waals surface area contributed by atoms with E-state index in [0.29, 0.717) is 12.0 Å². The zero-order valence-electron chi connectivity index (χ0n) is 19.0. The van der Waals surface area contributed by atoms with Crippen molar-refractivity contribution in [1.82, 2.24) is 5.32 Å². The second-order valence-electron chi connectivity index (χ2n) is 8.20. The molecule has 0 fully saturated rings. The minimum absolute atomic E-state index is 0.0178. The molecule has 1 rings (SSSR count). The van der Waals surface area contributed by atoms with E-state index in [0.717, 1.165) is 0 Å². The molecule has 0 spiro atoms. The maximum Gasteiger partial charge on any atom is 0.407 e. The highest BCUT2D eigenvalue weighted by Gasteiger charge is 2.29. The Morgan fingerprint density at radius 1 is 1.16 bits per heavy atom. The van der Waals surface area contributed by atoms with Crippen LogP contribution < -0.4 is 5.32 Å². The second-order valence-corrected chi connectivity index (χ2v) is 9.79. The molecule has 3 unspecified atom stereocenters. The lowest BCUT2D eigenvalue weighted by Gasteiger charge is -2.27. The first kappa shape index (κ1) is 27.8. The Kier molecular flexibility index (Phi) is 10.6. The summed E-state index contributed by atoms with van der Waals surface area (Å²) in [6.07, 6.45) is -3.39. The molecule has 1 aromatic rings. The highest BCUT2D eigenvalue weighted by molar-refractivity contribution is 7.86. The van der Waals surface area contributed by atoms with E-state index in [1.807, 2.05) is 0 Å². The fourth-order valence-electron chi connectivity index (χ4n) is 2.79. The number of alkyl carbamates (subject to hydrolysis) is 1. The molecule has 11 heteroatoms. The summed E-state index contributed by atoms with van der Waals surface area (Å²) in [7, 11) is -4.02. The number of aliphatic hydroxyl groups is 1. The zero-order chi connectivity index (χ0) is 24.5. The van der Waals surface area contributed by atoms with Crippen LogP contribution in [0.3, 0.4) is 0 Å². The molecule has 0 saturated carbocycles. The van der Waals surface area contributed by atoms with E-state index in [1.54, 1.807) is 52.8 Å². The number of carboxylic acid groups (broad SMARTS) is 1. The van der Waals surface area contributed by atoms with Gasteiger partial charge in [0.05, 0.1) is 30.3 Å². The Hall–Kier alpha value is -2.21. The fourth-order valence-corrected chi connectivity index (χ4v) is 3.91. The van der Waals surface area contributed by atoms with Gasteiger partial charge in [0.15, 0.2) is 6.10 Å². The van der Waals surface area contributed by atoms with Crippen LogP contribution in [0.2, 0.25) is 0 Å². The Balaban J connectivity index is 2.61. The molecule has 0 bridgehead atoms. The Bertz CT molecular complexity index is 864. The van der Waals surface area contributed by atoms with E-state index in [2.05, 4.69) is 5.32 Å². The van der Waals surface area contributed by atoms with Gasteiger partial charge in [-0.3, -0.25) is 4.18 Å². The summed E-state index contributed by atoms with van der Waals surface area (Å²) in [5, 5.41) is 22.3.